The second-order valence-corrected chi connectivity index (χ2v) is 12.7. The molecule has 8 nitrogen and oxygen atoms in total. The zero-order valence-electron chi connectivity index (χ0n) is 23.4. The molecule has 1 aromatic carbocycles. The molecule has 1 saturated carbocycles. The van der Waals surface area contributed by atoms with Crippen LogP contribution in [0.4, 0.5) is 5.69 Å². The molecule has 1 aliphatic carbocycles. The zero-order chi connectivity index (χ0) is 27.9. The molecule has 6 rings (SSSR count). The summed E-state index contributed by atoms with van der Waals surface area (Å²) in [5.74, 6) is -2.06. The number of carbonyl (C=O) groups is 3. The molecule has 4 aliphatic heterocycles. The number of halogens is 1. The number of nitrogens with zero attached hydrogens (tertiary/aromatic N) is 2. The van der Waals surface area contributed by atoms with Gasteiger partial charge in [-0.05, 0) is 63.4 Å². The van der Waals surface area contributed by atoms with Gasteiger partial charge >= 0.3 is 0 Å². The molecule has 1 spiro atoms. The van der Waals surface area contributed by atoms with Crippen molar-refractivity contribution in [3.8, 4) is 0 Å². The molecule has 4 fully saturated rings. The number of hydrogen-bond acceptors (Lipinski definition) is 5. The average Bonchev–Trinajstić information content (AvgIpc) is 3.49. The molecule has 40 heavy (non-hydrogen) atoms. The number of aryl methyl sites for hydroxylation is 1. The van der Waals surface area contributed by atoms with Crippen LogP contribution < -0.4 is 10.6 Å². The molecular formula is C31H41ClN4O4. The first-order chi connectivity index (χ1) is 19.4. The highest BCUT2D eigenvalue weighted by molar-refractivity contribution is 6.31. The minimum absolute atomic E-state index is 0.118. The van der Waals surface area contributed by atoms with Crippen LogP contribution in [0.1, 0.15) is 63.4 Å². The summed E-state index contributed by atoms with van der Waals surface area (Å²) < 4.78 is 6.50. The minimum Gasteiger partial charge on any atom is -0.359 e. The van der Waals surface area contributed by atoms with Gasteiger partial charge in [0, 0.05) is 29.8 Å². The number of nitrogens with one attached hydrogen (secondary N) is 2. The lowest BCUT2D eigenvalue weighted by atomic mass is 9.74. The van der Waals surface area contributed by atoms with Crippen molar-refractivity contribution in [3.63, 3.8) is 0 Å². The van der Waals surface area contributed by atoms with Crippen molar-refractivity contribution in [2.75, 3.05) is 31.5 Å². The second-order valence-electron chi connectivity index (χ2n) is 12.3. The van der Waals surface area contributed by atoms with Gasteiger partial charge in [0.2, 0.25) is 17.7 Å². The lowest BCUT2D eigenvalue weighted by molar-refractivity contribution is -0.141. The summed E-state index contributed by atoms with van der Waals surface area (Å²) in [7, 11) is 0. The molecule has 9 heteroatoms. The molecule has 3 saturated heterocycles. The third-order valence-electron chi connectivity index (χ3n) is 9.67. The maximum absolute atomic E-state index is 14.2. The van der Waals surface area contributed by atoms with Crippen molar-refractivity contribution in [3.05, 3.63) is 40.9 Å². The first-order valence-corrected chi connectivity index (χ1v) is 15.5. The minimum atomic E-state index is -1.13. The van der Waals surface area contributed by atoms with Crippen molar-refractivity contribution in [2.24, 2.45) is 11.8 Å². The molecule has 1 aromatic rings. The Morgan fingerprint density at radius 3 is 2.48 bits per heavy atom. The van der Waals surface area contributed by atoms with Crippen molar-refractivity contribution in [1.82, 2.24) is 15.1 Å². The van der Waals surface area contributed by atoms with Crippen LogP contribution in [-0.2, 0) is 19.1 Å². The highest BCUT2D eigenvalue weighted by Crippen LogP contribution is 2.55. The smallest absolute Gasteiger partial charge is 0.246 e. The van der Waals surface area contributed by atoms with E-state index in [0.717, 1.165) is 57.2 Å². The number of ether oxygens (including phenoxy) is 1. The fourth-order valence-electron chi connectivity index (χ4n) is 7.54. The molecule has 0 aromatic heterocycles. The monoisotopic (exact) mass is 568 g/mol. The third-order valence-corrected chi connectivity index (χ3v) is 10.1. The van der Waals surface area contributed by atoms with Gasteiger partial charge < -0.3 is 25.2 Å². The van der Waals surface area contributed by atoms with Crippen LogP contribution in [0, 0.1) is 18.8 Å². The first-order valence-electron chi connectivity index (χ1n) is 15.1. The van der Waals surface area contributed by atoms with Gasteiger partial charge in [-0.3, -0.25) is 14.4 Å². The van der Waals surface area contributed by atoms with Gasteiger partial charge in [0.15, 0.2) is 0 Å². The summed E-state index contributed by atoms with van der Waals surface area (Å²) >= 11 is 6.30. The van der Waals surface area contributed by atoms with E-state index in [-0.39, 0.29) is 23.8 Å². The lowest BCUT2D eigenvalue weighted by Crippen LogP contribution is -2.57. The van der Waals surface area contributed by atoms with E-state index in [1.54, 1.807) is 11.0 Å². The Balaban J connectivity index is 1.26. The standard InChI is InChI=1S/C31H41ClN4O4/c1-20-11-12-22(19-23(20)32)34-28(37)25-24-13-14-31(40-24)26(25)30(39)36(18-17-35-15-7-2-3-8-16-35)27(31)29(38)33-21-9-5-4-6-10-21/h11-14,19,21,24-27H,2-10,15-18H2,1H3,(H,33,38)(H,34,37)/t24-,25?,26-,27?,31+/m0/s1. The van der Waals surface area contributed by atoms with Crippen molar-refractivity contribution in [1.29, 1.82) is 0 Å². The maximum Gasteiger partial charge on any atom is 0.246 e. The average molecular weight is 569 g/mol. The molecular weight excluding hydrogens is 528 g/mol. The van der Waals surface area contributed by atoms with Gasteiger partial charge in [0.25, 0.3) is 0 Å². The number of likely N-dealkylation sites (tertiary alicyclic amines) is 2. The fraction of sp³-hybridized carbons (Fsp3) is 0.645. The van der Waals surface area contributed by atoms with Gasteiger partial charge in [0.1, 0.15) is 11.6 Å². The SMILES string of the molecule is Cc1ccc(NC(=O)C2[C@@H]3C=C[C@]4(O3)C(C(=O)NC3CCCCC3)N(CCN3CCCCCC3)C(=O)[C@H]24)cc1Cl. The fourth-order valence-corrected chi connectivity index (χ4v) is 7.72. The number of benzene rings is 1. The van der Waals surface area contributed by atoms with E-state index < -0.39 is 29.6 Å². The second kappa shape index (κ2) is 11.5. The molecule has 216 valence electrons. The highest BCUT2D eigenvalue weighted by atomic mass is 35.5. The summed E-state index contributed by atoms with van der Waals surface area (Å²) in [5, 5.41) is 6.80. The Morgan fingerprint density at radius 1 is 1.02 bits per heavy atom. The predicted molar refractivity (Wildman–Crippen MR) is 154 cm³/mol. The molecule has 2 unspecified atom stereocenters. The van der Waals surface area contributed by atoms with Gasteiger partial charge in [-0.15, -0.1) is 0 Å². The molecule has 3 amide bonds. The van der Waals surface area contributed by atoms with Crippen molar-refractivity contribution in [2.45, 2.75) is 88.5 Å². The number of fused-ring (bicyclic) bond motifs is 1. The van der Waals surface area contributed by atoms with Gasteiger partial charge in [-0.25, -0.2) is 0 Å². The molecule has 2 bridgehead atoms. The summed E-state index contributed by atoms with van der Waals surface area (Å²) in [4.78, 5) is 46.0. The van der Waals surface area contributed by atoms with E-state index in [1.807, 2.05) is 31.2 Å². The molecule has 2 N–H and O–H groups in total. The highest BCUT2D eigenvalue weighted by Gasteiger charge is 2.72. The van der Waals surface area contributed by atoms with Crippen LogP contribution in [0.2, 0.25) is 5.02 Å². The quantitative estimate of drug-likeness (QED) is 0.484. The number of hydrogen-bond donors (Lipinski definition) is 2. The topological polar surface area (TPSA) is 91.0 Å². The normalized spacial score (nSPS) is 32.2. The van der Waals surface area contributed by atoms with E-state index in [2.05, 4.69) is 15.5 Å². The number of carbonyl (C=O) groups excluding carboxylic acids is 3. The summed E-state index contributed by atoms with van der Waals surface area (Å²) in [6, 6.07) is 4.72. The van der Waals surface area contributed by atoms with E-state index in [1.165, 1.54) is 19.3 Å². The third kappa shape index (κ3) is 5.07. The lowest BCUT2D eigenvalue weighted by Gasteiger charge is -2.35. The van der Waals surface area contributed by atoms with E-state index in [4.69, 9.17) is 16.3 Å². The van der Waals surface area contributed by atoms with Gasteiger partial charge in [0.05, 0.1) is 17.9 Å². The molecule has 4 heterocycles. The molecule has 5 atom stereocenters. The Morgan fingerprint density at radius 2 is 1.75 bits per heavy atom. The number of anilines is 1. The van der Waals surface area contributed by atoms with Crippen LogP contribution in [0.25, 0.3) is 0 Å². The van der Waals surface area contributed by atoms with Crippen LogP contribution in [0.5, 0.6) is 0 Å². The molecule has 5 aliphatic rings. The van der Waals surface area contributed by atoms with Crippen LogP contribution >= 0.6 is 11.6 Å². The Kier molecular flexibility index (Phi) is 7.94. The van der Waals surface area contributed by atoms with Crippen LogP contribution in [0.15, 0.2) is 30.4 Å². The van der Waals surface area contributed by atoms with Crippen molar-refractivity contribution >= 4 is 35.0 Å². The number of rotatable bonds is 7. The van der Waals surface area contributed by atoms with E-state index >= 15 is 0 Å². The molecule has 0 radical (unpaired) electrons. The summed E-state index contributed by atoms with van der Waals surface area (Å²) in [5.41, 5.74) is 0.366. The Labute approximate surface area is 241 Å². The van der Waals surface area contributed by atoms with Gasteiger partial charge in [-0.2, -0.15) is 0 Å². The first kappa shape index (κ1) is 27.7. The summed E-state index contributed by atoms with van der Waals surface area (Å²) in [6.45, 7) is 5.09. The Hall–Kier alpha value is -2.42. The predicted octanol–water partition coefficient (Wildman–Crippen LogP) is 4.06. The maximum atomic E-state index is 14.2. The Bertz CT molecular complexity index is 1180. The van der Waals surface area contributed by atoms with Crippen molar-refractivity contribution < 1.29 is 19.1 Å². The number of amides is 3. The summed E-state index contributed by atoms with van der Waals surface area (Å²) in [6.07, 6.45) is 13.3. The van der Waals surface area contributed by atoms with Gasteiger partial charge in [-0.1, -0.05) is 61.9 Å². The van der Waals surface area contributed by atoms with Crippen LogP contribution in [-0.4, -0.2) is 77.5 Å². The van der Waals surface area contributed by atoms with Crippen LogP contribution in [0.3, 0.4) is 0 Å². The van der Waals surface area contributed by atoms with E-state index in [9.17, 15) is 14.4 Å². The largest absolute Gasteiger partial charge is 0.359 e. The zero-order valence-corrected chi connectivity index (χ0v) is 24.1. The van der Waals surface area contributed by atoms with E-state index in [0.29, 0.717) is 23.8 Å².